The molecule has 0 aromatic heterocycles. The smallest absolute Gasteiger partial charge is 0.156 e. The van der Waals surface area contributed by atoms with Crippen LogP contribution in [0.3, 0.4) is 0 Å². The fourth-order valence-electron chi connectivity index (χ4n) is 1.40. The van der Waals surface area contributed by atoms with E-state index in [0.29, 0.717) is 12.0 Å². The quantitative estimate of drug-likeness (QED) is 0.802. The largest absolute Gasteiger partial charge is 0.384 e. The molecule has 1 rings (SSSR count). The highest BCUT2D eigenvalue weighted by molar-refractivity contribution is 8.13. The Hall–Kier alpha value is -0.220. The van der Waals surface area contributed by atoms with Crippen LogP contribution in [0.1, 0.15) is 20.8 Å². The van der Waals surface area contributed by atoms with Gasteiger partial charge in [-0.1, -0.05) is 25.6 Å². The molecule has 0 aromatic carbocycles. The third kappa shape index (κ3) is 4.43. The SMILES string of the molecule is COCC(C)CN=C1NC(C)C(C)CS1. The van der Waals surface area contributed by atoms with Gasteiger partial charge in [-0.3, -0.25) is 4.99 Å². The van der Waals surface area contributed by atoms with Gasteiger partial charge < -0.3 is 10.1 Å². The second-order valence-corrected chi connectivity index (χ2v) is 5.44. The summed E-state index contributed by atoms with van der Waals surface area (Å²) < 4.78 is 5.09. The van der Waals surface area contributed by atoms with Crippen LogP contribution in [-0.4, -0.2) is 37.2 Å². The topological polar surface area (TPSA) is 33.6 Å². The molecule has 0 aliphatic carbocycles. The minimum Gasteiger partial charge on any atom is -0.384 e. The van der Waals surface area contributed by atoms with Crippen LogP contribution >= 0.6 is 11.8 Å². The average molecular weight is 230 g/mol. The molecule has 4 heteroatoms. The summed E-state index contributed by atoms with van der Waals surface area (Å²) in [6, 6.07) is 0.544. The van der Waals surface area contributed by atoms with Gasteiger partial charge in [0.15, 0.2) is 5.17 Å². The van der Waals surface area contributed by atoms with Crippen LogP contribution < -0.4 is 5.32 Å². The first-order valence-corrected chi connectivity index (χ1v) is 6.54. The van der Waals surface area contributed by atoms with Crippen molar-refractivity contribution in [1.29, 1.82) is 0 Å². The molecular weight excluding hydrogens is 208 g/mol. The van der Waals surface area contributed by atoms with E-state index in [4.69, 9.17) is 4.74 Å². The number of rotatable bonds is 4. The summed E-state index contributed by atoms with van der Waals surface area (Å²) in [5, 5.41) is 4.54. The summed E-state index contributed by atoms with van der Waals surface area (Å²) in [6.45, 7) is 8.29. The lowest BCUT2D eigenvalue weighted by molar-refractivity contribution is 0.163. The van der Waals surface area contributed by atoms with Crippen molar-refractivity contribution in [2.45, 2.75) is 26.8 Å². The van der Waals surface area contributed by atoms with Gasteiger partial charge in [-0.25, -0.2) is 0 Å². The van der Waals surface area contributed by atoms with Gasteiger partial charge in [-0.05, 0) is 18.8 Å². The first kappa shape index (κ1) is 12.8. The molecule has 0 radical (unpaired) electrons. The predicted octanol–water partition coefficient (Wildman–Crippen LogP) is 1.99. The van der Waals surface area contributed by atoms with Crippen molar-refractivity contribution in [1.82, 2.24) is 5.32 Å². The summed E-state index contributed by atoms with van der Waals surface area (Å²) in [4.78, 5) is 4.58. The molecule has 1 fully saturated rings. The highest BCUT2D eigenvalue weighted by atomic mass is 32.2. The van der Waals surface area contributed by atoms with E-state index in [1.807, 2.05) is 11.8 Å². The summed E-state index contributed by atoms with van der Waals surface area (Å²) in [5.41, 5.74) is 0. The van der Waals surface area contributed by atoms with E-state index in [1.54, 1.807) is 7.11 Å². The van der Waals surface area contributed by atoms with Crippen molar-refractivity contribution in [3.05, 3.63) is 0 Å². The van der Waals surface area contributed by atoms with E-state index in [-0.39, 0.29) is 0 Å². The second kappa shape index (κ2) is 6.38. The minimum absolute atomic E-state index is 0.500. The Morgan fingerprint density at radius 3 is 2.93 bits per heavy atom. The Kier molecular flexibility index (Phi) is 5.47. The maximum Gasteiger partial charge on any atom is 0.156 e. The lowest BCUT2D eigenvalue weighted by atomic mass is 10.1. The monoisotopic (exact) mass is 230 g/mol. The molecule has 1 N–H and O–H groups in total. The fourth-order valence-corrected chi connectivity index (χ4v) is 2.55. The van der Waals surface area contributed by atoms with Gasteiger partial charge in [0.05, 0.1) is 6.61 Å². The second-order valence-electron chi connectivity index (χ2n) is 4.43. The van der Waals surface area contributed by atoms with Gasteiger partial charge in [0.25, 0.3) is 0 Å². The molecule has 3 unspecified atom stereocenters. The molecular formula is C11H22N2OS. The van der Waals surface area contributed by atoms with Crippen LogP contribution in [0.15, 0.2) is 4.99 Å². The molecule has 1 heterocycles. The Labute approximate surface area is 97.1 Å². The van der Waals surface area contributed by atoms with Crippen LogP contribution in [-0.2, 0) is 4.74 Å². The number of ether oxygens (including phenoxy) is 1. The first-order chi connectivity index (χ1) is 7.13. The number of nitrogens with zero attached hydrogens (tertiary/aromatic N) is 1. The van der Waals surface area contributed by atoms with Gasteiger partial charge in [0.1, 0.15) is 0 Å². The molecule has 0 aromatic rings. The fraction of sp³-hybridized carbons (Fsp3) is 0.909. The maximum atomic E-state index is 5.09. The molecule has 88 valence electrons. The molecule has 0 saturated carbocycles. The molecule has 1 saturated heterocycles. The number of aliphatic imine (C=N–C) groups is 1. The van der Waals surface area contributed by atoms with Crippen molar-refractivity contribution in [3.8, 4) is 0 Å². The molecule has 0 bridgehead atoms. The Morgan fingerprint density at radius 1 is 1.60 bits per heavy atom. The molecule has 1 aliphatic heterocycles. The van der Waals surface area contributed by atoms with Gasteiger partial charge in [0, 0.05) is 25.4 Å². The predicted molar refractivity (Wildman–Crippen MR) is 67.6 cm³/mol. The highest BCUT2D eigenvalue weighted by Gasteiger charge is 2.20. The lowest BCUT2D eigenvalue weighted by Crippen LogP contribution is -2.41. The minimum atomic E-state index is 0.500. The summed E-state index contributed by atoms with van der Waals surface area (Å²) in [5.74, 6) is 2.40. The normalized spacial score (nSPS) is 31.3. The molecule has 1 aliphatic rings. The van der Waals surface area contributed by atoms with E-state index in [9.17, 15) is 0 Å². The van der Waals surface area contributed by atoms with Crippen molar-refractivity contribution < 1.29 is 4.74 Å². The van der Waals surface area contributed by atoms with Crippen molar-refractivity contribution in [2.24, 2.45) is 16.8 Å². The van der Waals surface area contributed by atoms with Gasteiger partial charge >= 0.3 is 0 Å². The Balaban J connectivity index is 2.34. The van der Waals surface area contributed by atoms with E-state index < -0.39 is 0 Å². The van der Waals surface area contributed by atoms with E-state index in [0.717, 1.165) is 24.2 Å². The van der Waals surface area contributed by atoms with Crippen molar-refractivity contribution in [3.63, 3.8) is 0 Å². The zero-order valence-corrected chi connectivity index (χ0v) is 10.9. The number of nitrogens with one attached hydrogen (secondary N) is 1. The van der Waals surface area contributed by atoms with Gasteiger partial charge in [0.2, 0.25) is 0 Å². The maximum absolute atomic E-state index is 5.09. The highest BCUT2D eigenvalue weighted by Crippen LogP contribution is 2.19. The first-order valence-electron chi connectivity index (χ1n) is 5.56. The van der Waals surface area contributed by atoms with Gasteiger partial charge in [-0.2, -0.15) is 0 Å². The summed E-state index contributed by atoms with van der Waals surface area (Å²) in [6.07, 6.45) is 0. The number of amidine groups is 1. The van der Waals surface area contributed by atoms with Crippen LogP contribution in [0, 0.1) is 11.8 Å². The number of hydrogen-bond acceptors (Lipinski definition) is 3. The molecule has 0 amide bonds. The van der Waals surface area contributed by atoms with E-state index in [2.05, 4.69) is 31.1 Å². The van der Waals surface area contributed by atoms with Crippen LogP contribution in [0.5, 0.6) is 0 Å². The van der Waals surface area contributed by atoms with Crippen LogP contribution in [0.2, 0.25) is 0 Å². The van der Waals surface area contributed by atoms with Crippen molar-refractivity contribution >= 4 is 16.9 Å². The third-order valence-corrected chi connectivity index (χ3v) is 3.90. The van der Waals surface area contributed by atoms with Crippen LogP contribution in [0.25, 0.3) is 0 Å². The lowest BCUT2D eigenvalue weighted by Gasteiger charge is -2.28. The molecule has 15 heavy (non-hydrogen) atoms. The summed E-state index contributed by atoms with van der Waals surface area (Å²) in [7, 11) is 1.74. The standard InChI is InChI=1S/C11H22N2OS/c1-8(6-14-4)5-12-11-13-10(3)9(2)7-15-11/h8-10H,5-7H2,1-4H3,(H,12,13). The van der Waals surface area contributed by atoms with Crippen molar-refractivity contribution in [2.75, 3.05) is 26.0 Å². The van der Waals surface area contributed by atoms with E-state index >= 15 is 0 Å². The zero-order chi connectivity index (χ0) is 11.3. The Bertz CT molecular complexity index is 221. The number of thioether (sulfide) groups is 1. The number of methoxy groups -OCH3 is 1. The van der Waals surface area contributed by atoms with Gasteiger partial charge in [-0.15, -0.1) is 0 Å². The Morgan fingerprint density at radius 2 is 2.33 bits per heavy atom. The molecule has 0 spiro atoms. The van der Waals surface area contributed by atoms with Crippen LogP contribution in [0.4, 0.5) is 0 Å². The van der Waals surface area contributed by atoms with E-state index in [1.165, 1.54) is 5.75 Å². The zero-order valence-electron chi connectivity index (χ0n) is 10.1. The third-order valence-electron chi connectivity index (χ3n) is 2.69. The average Bonchev–Trinajstić information content (AvgIpc) is 2.20. The molecule has 3 nitrogen and oxygen atoms in total. The number of hydrogen-bond donors (Lipinski definition) is 1. The molecule has 3 atom stereocenters. The summed E-state index contributed by atoms with van der Waals surface area (Å²) >= 11 is 1.83.